The van der Waals surface area contributed by atoms with E-state index in [1.807, 2.05) is 39.0 Å². The SMILES string of the molecule is COc1cc([C@@H](C)N)ccc1OCc1c(C)noc1C. The molecule has 20 heavy (non-hydrogen) atoms. The minimum absolute atomic E-state index is 0.0412. The zero-order valence-electron chi connectivity index (χ0n) is 12.3. The number of methoxy groups -OCH3 is 1. The lowest BCUT2D eigenvalue weighted by molar-refractivity contribution is 0.281. The van der Waals surface area contributed by atoms with E-state index in [9.17, 15) is 0 Å². The first-order chi connectivity index (χ1) is 9.52. The minimum atomic E-state index is -0.0412. The molecule has 2 rings (SSSR count). The van der Waals surface area contributed by atoms with Crippen LogP contribution in [0.5, 0.6) is 11.5 Å². The topological polar surface area (TPSA) is 70.5 Å². The van der Waals surface area contributed by atoms with Gasteiger partial charge in [0, 0.05) is 6.04 Å². The molecule has 0 radical (unpaired) electrons. The van der Waals surface area contributed by atoms with E-state index in [4.69, 9.17) is 19.7 Å². The van der Waals surface area contributed by atoms with Crippen LogP contribution in [0.3, 0.4) is 0 Å². The largest absolute Gasteiger partial charge is 0.493 e. The average molecular weight is 276 g/mol. The van der Waals surface area contributed by atoms with E-state index in [0.717, 1.165) is 22.6 Å². The first-order valence-corrected chi connectivity index (χ1v) is 6.51. The summed E-state index contributed by atoms with van der Waals surface area (Å²) in [6.45, 7) is 6.09. The van der Waals surface area contributed by atoms with Crippen molar-refractivity contribution in [3.63, 3.8) is 0 Å². The molecule has 0 aliphatic rings. The molecule has 2 N–H and O–H groups in total. The van der Waals surface area contributed by atoms with Gasteiger partial charge in [0.1, 0.15) is 12.4 Å². The van der Waals surface area contributed by atoms with Gasteiger partial charge in [0.2, 0.25) is 0 Å². The fourth-order valence-electron chi connectivity index (χ4n) is 1.94. The molecule has 0 aliphatic heterocycles. The highest BCUT2D eigenvalue weighted by atomic mass is 16.5. The van der Waals surface area contributed by atoms with Crippen molar-refractivity contribution in [3.8, 4) is 11.5 Å². The van der Waals surface area contributed by atoms with Crippen LogP contribution in [-0.4, -0.2) is 12.3 Å². The van der Waals surface area contributed by atoms with Crippen LogP contribution in [0.15, 0.2) is 22.7 Å². The molecule has 0 saturated carbocycles. The number of aromatic nitrogens is 1. The molecule has 1 aromatic carbocycles. The molecular weight excluding hydrogens is 256 g/mol. The van der Waals surface area contributed by atoms with Crippen LogP contribution in [0.25, 0.3) is 0 Å². The molecule has 1 atom stereocenters. The highest BCUT2D eigenvalue weighted by molar-refractivity contribution is 5.44. The van der Waals surface area contributed by atoms with Crippen molar-refractivity contribution in [3.05, 3.63) is 40.8 Å². The Bertz CT molecular complexity index is 571. The second kappa shape index (κ2) is 5.96. The van der Waals surface area contributed by atoms with Crippen LogP contribution in [0.1, 0.15) is 35.5 Å². The summed E-state index contributed by atoms with van der Waals surface area (Å²) in [5.74, 6) is 2.12. The Morgan fingerprint density at radius 1 is 1.30 bits per heavy atom. The van der Waals surface area contributed by atoms with E-state index in [1.165, 1.54) is 0 Å². The maximum atomic E-state index is 5.86. The van der Waals surface area contributed by atoms with Gasteiger partial charge in [-0.3, -0.25) is 0 Å². The van der Waals surface area contributed by atoms with Crippen molar-refractivity contribution in [2.75, 3.05) is 7.11 Å². The van der Waals surface area contributed by atoms with Gasteiger partial charge in [-0.15, -0.1) is 0 Å². The number of nitrogens with two attached hydrogens (primary N) is 1. The zero-order chi connectivity index (χ0) is 14.7. The number of hydrogen-bond acceptors (Lipinski definition) is 5. The summed E-state index contributed by atoms with van der Waals surface area (Å²) >= 11 is 0. The predicted molar refractivity (Wildman–Crippen MR) is 75.9 cm³/mol. The first kappa shape index (κ1) is 14.4. The van der Waals surface area contributed by atoms with E-state index >= 15 is 0 Å². The lowest BCUT2D eigenvalue weighted by Crippen LogP contribution is -2.06. The standard InChI is InChI=1S/C15H20N2O3/c1-9(16)12-5-6-14(15(7-12)18-4)19-8-13-10(2)17-20-11(13)3/h5-7,9H,8,16H2,1-4H3/t9-/m1/s1. The molecule has 5 heteroatoms. The van der Waals surface area contributed by atoms with Crippen LogP contribution in [0.4, 0.5) is 0 Å². The summed E-state index contributed by atoms with van der Waals surface area (Å²) < 4.78 is 16.3. The van der Waals surface area contributed by atoms with E-state index in [0.29, 0.717) is 18.1 Å². The Morgan fingerprint density at radius 3 is 2.60 bits per heavy atom. The molecule has 1 heterocycles. The number of hydrogen-bond donors (Lipinski definition) is 1. The Hall–Kier alpha value is -2.01. The Morgan fingerprint density at radius 2 is 2.05 bits per heavy atom. The van der Waals surface area contributed by atoms with Gasteiger partial charge in [-0.1, -0.05) is 11.2 Å². The number of nitrogens with zero attached hydrogens (tertiary/aromatic N) is 1. The van der Waals surface area contributed by atoms with Crippen molar-refractivity contribution in [1.29, 1.82) is 0 Å². The van der Waals surface area contributed by atoms with Gasteiger partial charge in [0.25, 0.3) is 0 Å². The molecule has 2 aromatic rings. The van der Waals surface area contributed by atoms with Crippen molar-refractivity contribution in [2.45, 2.75) is 33.4 Å². The van der Waals surface area contributed by atoms with Crippen LogP contribution >= 0.6 is 0 Å². The maximum absolute atomic E-state index is 5.86. The second-order valence-electron chi connectivity index (χ2n) is 4.79. The lowest BCUT2D eigenvalue weighted by Gasteiger charge is -2.13. The van der Waals surface area contributed by atoms with Gasteiger partial charge in [-0.2, -0.15) is 0 Å². The van der Waals surface area contributed by atoms with E-state index < -0.39 is 0 Å². The van der Waals surface area contributed by atoms with Gasteiger partial charge in [-0.05, 0) is 38.5 Å². The predicted octanol–water partition coefficient (Wildman–Crippen LogP) is 2.90. The van der Waals surface area contributed by atoms with Crippen LogP contribution in [0.2, 0.25) is 0 Å². The van der Waals surface area contributed by atoms with Gasteiger partial charge < -0.3 is 19.7 Å². The molecule has 0 unspecified atom stereocenters. The number of benzene rings is 1. The van der Waals surface area contributed by atoms with E-state index in [2.05, 4.69) is 5.16 Å². The zero-order valence-corrected chi connectivity index (χ0v) is 12.3. The summed E-state index contributed by atoms with van der Waals surface area (Å²) in [5.41, 5.74) is 8.67. The first-order valence-electron chi connectivity index (χ1n) is 6.51. The molecule has 1 aromatic heterocycles. The Labute approximate surface area is 118 Å². The molecule has 0 aliphatic carbocycles. The van der Waals surface area contributed by atoms with Gasteiger partial charge >= 0.3 is 0 Å². The van der Waals surface area contributed by atoms with Crippen molar-refractivity contribution < 1.29 is 14.0 Å². The molecule has 0 saturated heterocycles. The molecule has 5 nitrogen and oxygen atoms in total. The van der Waals surface area contributed by atoms with Crippen LogP contribution in [0, 0.1) is 13.8 Å². The summed E-state index contributed by atoms with van der Waals surface area (Å²) in [5, 5.41) is 3.91. The van der Waals surface area contributed by atoms with E-state index in [1.54, 1.807) is 7.11 Å². The fraction of sp³-hybridized carbons (Fsp3) is 0.400. The highest BCUT2D eigenvalue weighted by Crippen LogP contribution is 2.30. The molecule has 0 amide bonds. The van der Waals surface area contributed by atoms with Crippen molar-refractivity contribution >= 4 is 0 Å². The Kier molecular flexibility index (Phi) is 4.29. The minimum Gasteiger partial charge on any atom is -0.493 e. The summed E-state index contributed by atoms with van der Waals surface area (Å²) in [4.78, 5) is 0. The molecule has 108 valence electrons. The number of ether oxygens (including phenoxy) is 2. The third-order valence-electron chi connectivity index (χ3n) is 3.27. The van der Waals surface area contributed by atoms with Crippen LogP contribution in [-0.2, 0) is 6.61 Å². The van der Waals surface area contributed by atoms with Gasteiger partial charge in [0.05, 0.1) is 18.4 Å². The monoisotopic (exact) mass is 276 g/mol. The third kappa shape index (κ3) is 2.93. The third-order valence-corrected chi connectivity index (χ3v) is 3.27. The molecule has 0 bridgehead atoms. The summed E-state index contributed by atoms with van der Waals surface area (Å²) in [6.07, 6.45) is 0. The van der Waals surface area contributed by atoms with Gasteiger partial charge in [-0.25, -0.2) is 0 Å². The Balaban J connectivity index is 2.17. The highest BCUT2D eigenvalue weighted by Gasteiger charge is 2.12. The van der Waals surface area contributed by atoms with Gasteiger partial charge in [0.15, 0.2) is 11.5 Å². The smallest absolute Gasteiger partial charge is 0.161 e. The fourth-order valence-corrected chi connectivity index (χ4v) is 1.94. The van der Waals surface area contributed by atoms with Crippen LogP contribution < -0.4 is 15.2 Å². The quantitative estimate of drug-likeness (QED) is 0.909. The van der Waals surface area contributed by atoms with Crippen molar-refractivity contribution in [2.24, 2.45) is 5.73 Å². The summed E-state index contributed by atoms with van der Waals surface area (Å²) in [7, 11) is 1.61. The maximum Gasteiger partial charge on any atom is 0.161 e. The normalized spacial score (nSPS) is 12.2. The second-order valence-corrected chi connectivity index (χ2v) is 4.79. The summed E-state index contributed by atoms with van der Waals surface area (Å²) in [6, 6.07) is 5.67. The number of rotatable bonds is 5. The molecule has 0 fully saturated rings. The lowest BCUT2D eigenvalue weighted by atomic mass is 10.1. The van der Waals surface area contributed by atoms with E-state index in [-0.39, 0.29) is 6.04 Å². The van der Waals surface area contributed by atoms with Crippen molar-refractivity contribution in [1.82, 2.24) is 5.16 Å². The number of aryl methyl sites for hydroxylation is 2. The molecular formula is C15H20N2O3. The average Bonchev–Trinajstić information content (AvgIpc) is 2.75. The molecule has 0 spiro atoms.